The Morgan fingerprint density at radius 2 is 0.957 bits per heavy atom. The molecule has 0 saturated carbocycles. The molecule has 0 aromatic heterocycles. The second-order valence-electron chi connectivity index (χ2n) is 4.40. The van der Waals surface area contributed by atoms with Crippen molar-refractivity contribution in [1.29, 1.82) is 0 Å². The molecule has 0 rings (SSSR count). The van der Waals surface area contributed by atoms with Crippen molar-refractivity contribution < 1.29 is 56.2 Å². The fraction of sp³-hybridized carbons (Fsp3) is 0.875. The van der Waals surface area contributed by atoms with E-state index in [2.05, 4.69) is 13.8 Å². The maximum atomic E-state index is 9.49. The van der Waals surface area contributed by atoms with Gasteiger partial charge in [-0.05, 0) is 25.7 Å². The third kappa shape index (κ3) is 89.3. The van der Waals surface area contributed by atoms with E-state index in [9.17, 15) is 19.8 Å². The summed E-state index contributed by atoms with van der Waals surface area (Å²) in [7, 11) is 0. The number of hydrogen-bond acceptors (Lipinski definition) is 6. The summed E-state index contributed by atoms with van der Waals surface area (Å²) >= 11 is 0. The number of carbonyl (C=O) groups is 2. The van der Waals surface area contributed by atoms with Crippen LogP contribution in [0.1, 0.15) is 79.1 Å². The van der Waals surface area contributed by atoms with Gasteiger partial charge in [0, 0.05) is 25.2 Å². The van der Waals surface area contributed by atoms with E-state index in [0.717, 1.165) is 25.7 Å². The average molecular weight is 414 g/mol. The van der Waals surface area contributed by atoms with E-state index in [-0.39, 0.29) is 39.0 Å². The quantitative estimate of drug-likeness (QED) is 0.602. The van der Waals surface area contributed by atoms with Crippen LogP contribution < -0.4 is 10.2 Å². The molecular formula is C16H34O6Zr. The molecule has 0 atom stereocenters. The Labute approximate surface area is 160 Å². The number of rotatable bonds is 8. The summed E-state index contributed by atoms with van der Waals surface area (Å²) in [4.78, 5) is 19.0. The second-order valence-corrected chi connectivity index (χ2v) is 4.40. The number of aliphatic carboxylic acids is 2. The van der Waals surface area contributed by atoms with Gasteiger partial charge in [0.05, 0.1) is 0 Å². The maximum Gasteiger partial charge on any atom is 2.00 e. The zero-order valence-electron chi connectivity index (χ0n) is 15.1. The predicted molar refractivity (Wildman–Crippen MR) is 83.8 cm³/mol. The first-order valence-corrected chi connectivity index (χ1v) is 7.98. The summed E-state index contributed by atoms with van der Waals surface area (Å²) in [6, 6.07) is 0. The number of carboxylic acids is 2. The minimum Gasteiger partial charge on any atom is -0.550 e. The molecule has 0 heterocycles. The Morgan fingerprint density at radius 1 is 0.696 bits per heavy atom. The number of unbranched alkanes of at least 4 members (excludes halogenated alkanes) is 2. The summed E-state index contributed by atoms with van der Waals surface area (Å²) in [6.45, 7) is 8.39. The first-order valence-electron chi connectivity index (χ1n) is 7.98. The van der Waals surface area contributed by atoms with Gasteiger partial charge < -0.3 is 30.0 Å². The molecule has 0 amide bonds. The molecule has 0 aliphatic heterocycles. The van der Waals surface area contributed by atoms with Crippen LogP contribution in [-0.2, 0) is 35.8 Å². The average Bonchev–Trinajstić information content (AvgIpc) is 2.42. The minimum atomic E-state index is -0.961. The van der Waals surface area contributed by atoms with Crippen molar-refractivity contribution >= 4 is 11.9 Å². The first-order chi connectivity index (χ1) is 10.4. The van der Waals surface area contributed by atoms with Gasteiger partial charge in [0.1, 0.15) is 0 Å². The van der Waals surface area contributed by atoms with Crippen LogP contribution in [0, 0.1) is 0 Å². The molecule has 7 heteroatoms. The molecule has 0 aliphatic rings. The largest absolute Gasteiger partial charge is 2.00 e. The van der Waals surface area contributed by atoms with Crippen LogP contribution >= 0.6 is 0 Å². The van der Waals surface area contributed by atoms with Crippen LogP contribution in [0.25, 0.3) is 0 Å². The van der Waals surface area contributed by atoms with E-state index in [4.69, 9.17) is 10.2 Å². The Balaban J connectivity index is -0.0000000620. The van der Waals surface area contributed by atoms with Gasteiger partial charge in [-0.25, -0.2) is 0 Å². The van der Waals surface area contributed by atoms with Crippen LogP contribution in [0.2, 0.25) is 0 Å². The third-order valence-electron chi connectivity index (χ3n) is 1.93. The van der Waals surface area contributed by atoms with Crippen molar-refractivity contribution in [1.82, 2.24) is 0 Å². The number of aliphatic hydroxyl groups excluding tert-OH is 2. The Hall–Kier alpha value is -0.257. The van der Waals surface area contributed by atoms with E-state index < -0.39 is 11.9 Å². The van der Waals surface area contributed by atoms with Gasteiger partial charge in [0.15, 0.2) is 0 Å². The molecule has 0 radical (unpaired) electrons. The van der Waals surface area contributed by atoms with Crippen LogP contribution in [-0.4, -0.2) is 35.4 Å². The summed E-state index contributed by atoms with van der Waals surface area (Å²) in [5.74, 6) is -1.92. The van der Waals surface area contributed by atoms with Crippen molar-refractivity contribution in [2.45, 2.75) is 79.1 Å². The second kappa shape index (κ2) is 37.7. The van der Waals surface area contributed by atoms with Gasteiger partial charge in [-0.3, -0.25) is 0 Å². The SMILES string of the molecule is CCCC(=O)[O-].CCCC(=O)[O-].CCCCO.CCCCO.[Zr+2]. The summed E-state index contributed by atoms with van der Waals surface area (Å²) in [6.07, 6.45) is 5.78. The molecule has 6 nitrogen and oxygen atoms in total. The molecule has 0 spiro atoms. The smallest absolute Gasteiger partial charge is 0.550 e. The summed E-state index contributed by atoms with van der Waals surface area (Å²) < 4.78 is 0. The third-order valence-corrected chi connectivity index (χ3v) is 1.93. The molecule has 0 fully saturated rings. The number of aliphatic hydroxyl groups is 2. The molecule has 0 aliphatic carbocycles. The normalized spacial score (nSPS) is 7.91. The molecule has 2 N–H and O–H groups in total. The van der Waals surface area contributed by atoms with Gasteiger partial charge in [0.2, 0.25) is 0 Å². The van der Waals surface area contributed by atoms with Crippen molar-refractivity contribution in [3.05, 3.63) is 0 Å². The molecule has 138 valence electrons. The van der Waals surface area contributed by atoms with E-state index in [1.54, 1.807) is 13.8 Å². The monoisotopic (exact) mass is 412 g/mol. The molecule has 23 heavy (non-hydrogen) atoms. The van der Waals surface area contributed by atoms with Crippen LogP contribution in [0.5, 0.6) is 0 Å². The Morgan fingerprint density at radius 3 is 0.957 bits per heavy atom. The van der Waals surface area contributed by atoms with Crippen molar-refractivity contribution in [3.63, 3.8) is 0 Å². The zero-order valence-corrected chi connectivity index (χ0v) is 17.6. The van der Waals surface area contributed by atoms with E-state index in [0.29, 0.717) is 26.1 Å². The molecule has 0 bridgehead atoms. The molecule has 0 saturated heterocycles. The van der Waals surface area contributed by atoms with E-state index >= 15 is 0 Å². The summed E-state index contributed by atoms with van der Waals surface area (Å²) in [5, 5.41) is 35.1. The summed E-state index contributed by atoms with van der Waals surface area (Å²) in [5.41, 5.74) is 0. The minimum absolute atomic E-state index is 0. The van der Waals surface area contributed by atoms with Crippen LogP contribution in [0.15, 0.2) is 0 Å². The van der Waals surface area contributed by atoms with Crippen LogP contribution in [0.3, 0.4) is 0 Å². The topological polar surface area (TPSA) is 121 Å². The van der Waals surface area contributed by atoms with Crippen LogP contribution in [0.4, 0.5) is 0 Å². The Kier molecular flexibility index (Phi) is 56.1. The van der Waals surface area contributed by atoms with E-state index in [1.807, 2.05) is 0 Å². The van der Waals surface area contributed by atoms with Gasteiger partial charge >= 0.3 is 26.2 Å². The molecule has 0 unspecified atom stereocenters. The zero-order chi connectivity index (χ0) is 18.2. The van der Waals surface area contributed by atoms with E-state index in [1.165, 1.54) is 0 Å². The maximum absolute atomic E-state index is 9.49. The number of carbonyl (C=O) groups excluding carboxylic acids is 2. The van der Waals surface area contributed by atoms with Gasteiger partial charge in [-0.2, -0.15) is 0 Å². The molecule has 0 aromatic rings. The predicted octanol–water partition coefficient (Wildman–Crippen LogP) is 0.628. The van der Waals surface area contributed by atoms with Crippen molar-refractivity contribution in [2.24, 2.45) is 0 Å². The van der Waals surface area contributed by atoms with Gasteiger partial charge in [-0.15, -0.1) is 0 Å². The fourth-order valence-electron chi connectivity index (χ4n) is 0.724. The van der Waals surface area contributed by atoms with Crippen molar-refractivity contribution in [3.8, 4) is 0 Å². The number of carboxylic acid groups (broad SMARTS) is 2. The number of hydrogen-bond donors (Lipinski definition) is 2. The van der Waals surface area contributed by atoms with Crippen molar-refractivity contribution in [2.75, 3.05) is 13.2 Å². The van der Waals surface area contributed by atoms with Gasteiger partial charge in [0.25, 0.3) is 0 Å². The molecular weight excluding hydrogens is 379 g/mol. The fourth-order valence-corrected chi connectivity index (χ4v) is 0.724. The molecule has 0 aromatic carbocycles. The Bertz CT molecular complexity index is 187. The van der Waals surface area contributed by atoms with Gasteiger partial charge in [-0.1, -0.05) is 53.4 Å². The first kappa shape index (κ1) is 34.2. The standard InChI is InChI=1S/2C4H8O2.2C4H10O.Zr/c2*1-2-3-4(5)6;2*1-2-3-4-5;/h2*2-3H2,1H3,(H,5,6);2*5H,2-4H2,1H3;/q;;;;+2/p-2.